The first-order valence-electron chi connectivity index (χ1n) is 5.51. The lowest BCUT2D eigenvalue weighted by Crippen LogP contribution is -2.02. The molecule has 94 valence electrons. The molecule has 0 unspecified atom stereocenters. The summed E-state index contributed by atoms with van der Waals surface area (Å²) in [5, 5.41) is 3.71. The summed E-state index contributed by atoms with van der Waals surface area (Å²) < 4.78 is 14.7. The fourth-order valence-electron chi connectivity index (χ4n) is 1.64. The smallest absolute Gasteiger partial charge is 0.149 e. The van der Waals surface area contributed by atoms with Gasteiger partial charge in [-0.15, -0.1) is 0 Å². The van der Waals surface area contributed by atoms with Crippen LogP contribution in [0.4, 0.5) is 10.1 Å². The minimum absolute atomic E-state index is 0.217. The van der Waals surface area contributed by atoms with E-state index in [1.54, 1.807) is 19.1 Å². The van der Waals surface area contributed by atoms with Gasteiger partial charge in [0.2, 0.25) is 0 Å². The standard InChI is InChI=1S/C14H12BrClFN/c1-9-3-2-4-13(14(9)17)18-8-10-5-6-11(15)7-12(10)16/h2-7,18H,8H2,1H3. The van der Waals surface area contributed by atoms with E-state index in [4.69, 9.17) is 11.6 Å². The Morgan fingerprint density at radius 3 is 2.78 bits per heavy atom. The summed E-state index contributed by atoms with van der Waals surface area (Å²) in [5.74, 6) is -0.217. The third-order valence-electron chi connectivity index (χ3n) is 2.68. The van der Waals surface area contributed by atoms with Gasteiger partial charge in [-0.3, -0.25) is 0 Å². The normalized spacial score (nSPS) is 10.4. The molecule has 18 heavy (non-hydrogen) atoms. The number of halogens is 3. The maximum atomic E-state index is 13.8. The van der Waals surface area contributed by atoms with Gasteiger partial charge in [0.1, 0.15) is 5.82 Å². The number of aryl methyl sites for hydroxylation is 1. The molecule has 0 amide bonds. The molecule has 2 aromatic rings. The predicted molar refractivity (Wildman–Crippen MR) is 77.6 cm³/mol. The number of hydrogen-bond donors (Lipinski definition) is 1. The van der Waals surface area contributed by atoms with Crippen LogP contribution in [0.1, 0.15) is 11.1 Å². The SMILES string of the molecule is Cc1cccc(NCc2ccc(Br)cc2Cl)c1F. The molecule has 0 spiro atoms. The Kier molecular flexibility index (Phi) is 4.25. The van der Waals surface area contributed by atoms with Crippen molar-refractivity contribution in [2.45, 2.75) is 13.5 Å². The highest BCUT2D eigenvalue weighted by Crippen LogP contribution is 2.23. The minimum atomic E-state index is -0.217. The van der Waals surface area contributed by atoms with Crippen LogP contribution in [-0.4, -0.2) is 0 Å². The Labute approximate surface area is 119 Å². The van der Waals surface area contributed by atoms with Crippen molar-refractivity contribution in [1.82, 2.24) is 0 Å². The fourth-order valence-corrected chi connectivity index (χ4v) is 2.38. The lowest BCUT2D eigenvalue weighted by molar-refractivity contribution is 0.621. The molecule has 0 saturated carbocycles. The number of nitrogens with one attached hydrogen (secondary N) is 1. The van der Waals surface area contributed by atoms with Crippen molar-refractivity contribution < 1.29 is 4.39 Å². The van der Waals surface area contributed by atoms with E-state index in [-0.39, 0.29) is 5.82 Å². The molecular weight excluding hydrogens is 317 g/mol. The summed E-state index contributed by atoms with van der Waals surface area (Å²) in [4.78, 5) is 0. The average molecular weight is 329 g/mol. The molecule has 0 aromatic heterocycles. The lowest BCUT2D eigenvalue weighted by Gasteiger charge is -2.10. The molecule has 0 heterocycles. The molecule has 0 aliphatic carbocycles. The van der Waals surface area contributed by atoms with Crippen molar-refractivity contribution in [1.29, 1.82) is 0 Å². The molecule has 2 aromatic carbocycles. The largest absolute Gasteiger partial charge is 0.379 e. The van der Waals surface area contributed by atoms with Gasteiger partial charge in [0, 0.05) is 16.0 Å². The monoisotopic (exact) mass is 327 g/mol. The maximum Gasteiger partial charge on any atom is 0.149 e. The van der Waals surface area contributed by atoms with Crippen LogP contribution in [0.3, 0.4) is 0 Å². The van der Waals surface area contributed by atoms with E-state index in [1.165, 1.54) is 0 Å². The summed E-state index contributed by atoms with van der Waals surface area (Å²) in [7, 11) is 0. The summed E-state index contributed by atoms with van der Waals surface area (Å²) >= 11 is 9.45. The van der Waals surface area contributed by atoms with Gasteiger partial charge < -0.3 is 5.32 Å². The van der Waals surface area contributed by atoms with Crippen molar-refractivity contribution >= 4 is 33.2 Å². The Morgan fingerprint density at radius 2 is 2.06 bits per heavy atom. The highest BCUT2D eigenvalue weighted by atomic mass is 79.9. The quantitative estimate of drug-likeness (QED) is 0.820. The summed E-state index contributed by atoms with van der Waals surface area (Å²) in [6.07, 6.45) is 0. The molecule has 0 fully saturated rings. The van der Waals surface area contributed by atoms with Crippen molar-refractivity contribution in [2.24, 2.45) is 0 Å². The zero-order valence-corrected chi connectivity index (χ0v) is 12.1. The Hall–Kier alpha value is -1.06. The van der Waals surface area contributed by atoms with Crippen molar-refractivity contribution in [2.75, 3.05) is 5.32 Å². The van der Waals surface area contributed by atoms with Gasteiger partial charge in [0.15, 0.2) is 0 Å². The van der Waals surface area contributed by atoms with Crippen LogP contribution >= 0.6 is 27.5 Å². The molecular formula is C14H12BrClFN. The fraction of sp³-hybridized carbons (Fsp3) is 0.143. The van der Waals surface area contributed by atoms with E-state index >= 15 is 0 Å². The molecule has 2 rings (SSSR count). The topological polar surface area (TPSA) is 12.0 Å². The molecule has 0 aliphatic heterocycles. The first-order chi connectivity index (χ1) is 8.58. The highest BCUT2D eigenvalue weighted by molar-refractivity contribution is 9.10. The maximum absolute atomic E-state index is 13.8. The Morgan fingerprint density at radius 1 is 1.28 bits per heavy atom. The molecule has 0 aliphatic rings. The second-order valence-electron chi connectivity index (χ2n) is 4.03. The van der Waals surface area contributed by atoms with Gasteiger partial charge >= 0.3 is 0 Å². The average Bonchev–Trinajstić information content (AvgIpc) is 2.33. The molecule has 0 atom stereocenters. The number of benzene rings is 2. The first-order valence-corrected chi connectivity index (χ1v) is 6.68. The van der Waals surface area contributed by atoms with Gasteiger partial charge in [-0.05, 0) is 36.2 Å². The Balaban J connectivity index is 2.14. The van der Waals surface area contributed by atoms with E-state index in [9.17, 15) is 4.39 Å². The summed E-state index contributed by atoms with van der Waals surface area (Å²) in [6.45, 7) is 2.24. The van der Waals surface area contributed by atoms with Gasteiger partial charge in [-0.25, -0.2) is 4.39 Å². The van der Waals surface area contributed by atoms with Crippen molar-refractivity contribution in [3.05, 3.63) is 62.8 Å². The van der Waals surface area contributed by atoms with E-state index < -0.39 is 0 Å². The Bertz CT molecular complexity index is 572. The van der Waals surface area contributed by atoms with Crippen LogP contribution in [0.2, 0.25) is 5.02 Å². The van der Waals surface area contributed by atoms with E-state index in [0.29, 0.717) is 22.8 Å². The van der Waals surface area contributed by atoms with Crippen LogP contribution in [0.5, 0.6) is 0 Å². The van der Waals surface area contributed by atoms with Crippen LogP contribution < -0.4 is 5.32 Å². The summed E-state index contributed by atoms with van der Waals surface area (Å²) in [6, 6.07) is 10.9. The van der Waals surface area contributed by atoms with E-state index in [0.717, 1.165) is 10.0 Å². The number of rotatable bonds is 3. The third-order valence-corrected chi connectivity index (χ3v) is 3.52. The number of hydrogen-bond acceptors (Lipinski definition) is 1. The molecule has 0 radical (unpaired) electrons. The van der Waals surface area contributed by atoms with Crippen LogP contribution in [0.25, 0.3) is 0 Å². The number of anilines is 1. The van der Waals surface area contributed by atoms with E-state index in [1.807, 2.05) is 24.3 Å². The van der Waals surface area contributed by atoms with Gasteiger partial charge in [0.05, 0.1) is 5.69 Å². The van der Waals surface area contributed by atoms with E-state index in [2.05, 4.69) is 21.2 Å². The van der Waals surface area contributed by atoms with Crippen LogP contribution in [-0.2, 0) is 6.54 Å². The van der Waals surface area contributed by atoms with Crippen molar-refractivity contribution in [3.8, 4) is 0 Å². The lowest BCUT2D eigenvalue weighted by atomic mass is 10.2. The second kappa shape index (κ2) is 5.72. The predicted octanol–water partition coefficient (Wildman–Crippen LogP) is 5.16. The van der Waals surface area contributed by atoms with Crippen LogP contribution in [0.15, 0.2) is 40.9 Å². The van der Waals surface area contributed by atoms with Gasteiger partial charge in [-0.1, -0.05) is 45.7 Å². The zero-order valence-electron chi connectivity index (χ0n) is 9.81. The summed E-state index contributed by atoms with van der Waals surface area (Å²) in [5.41, 5.74) is 2.05. The molecule has 1 N–H and O–H groups in total. The third kappa shape index (κ3) is 3.03. The minimum Gasteiger partial charge on any atom is -0.379 e. The molecule has 0 bridgehead atoms. The first kappa shape index (κ1) is 13.4. The second-order valence-corrected chi connectivity index (χ2v) is 5.35. The molecule has 4 heteroatoms. The molecule has 0 saturated heterocycles. The zero-order chi connectivity index (χ0) is 13.1. The highest BCUT2D eigenvalue weighted by Gasteiger charge is 2.05. The van der Waals surface area contributed by atoms with Crippen molar-refractivity contribution in [3.63, 3.8) is 0 Å². The van der Waals surface area contributed by atoms with Gasteiger partial charge in [0.25, 0.3) is 0 Å². The van der Waals surface area contributed by atoms with Gasteiger partial charge in [-0.2, -0.15) is 0 Å². The molecule has 1 nitrogen and oxygen atoms in total. The van der Waals surface area contributed by atoms with Crippen LogP contribution in [0, 0.1) is 12.7 Å².